The molecule has 1 rings (SSSR count). The number of carbonyl (C=O) groups is 1. The van der Waals surface area contributed by atoms with Crippen LogP contribution in [0.25, 0.3) is 0 Å². The third-order valence-electron chi connectivity index (χ3n) is 3.73. The van der Waals surface area contributed by atoms with E-state index in [4.69, 9.17) is 4.74 Å². The van der Waals surface area contributed by atoms with Crippen LogP contribution in [0.2, 0.25) is 0 Å². The first-order chi connectivity index (χ1) is 7.72. The van der Waals surface area contributed by atoms with Gasteiger partial charge < -0.3 is 4.74 Å². The smallest absolute Gasteiger partial charge is 0.323 e. The van der Waals surface area contributed by atoms with Crippen LogP contribution in [0.4, 0.5) is 0 Å². The lowest BCUT2D eigenvalue weighted by Crippen LogP contribution is -2.47. The van der Waals surface area contributed by atoms with Crippen molar-refractivity contribution in [1.29, 1.82) is 0 Å². The maximum Gasteiger partial charge on any atom is 0.323 e. The Balaban J connectivity index is 2.55. The van der Waals surface area contributed by atoms with Gasteiger partial charge in [0.1, 0.15) is 6.04 Å². The van der Waals surface area contributed by atoms with E-state index in [1.807, 2.05) is 0 Å². The minimum atomic E-state index is -0.0503. The molecule has 3 heteroatoms. The fourth-order valence-electron chi connectivity index (χ4n) is 2.49. The highest BCUT2D eigenvalue weighted by Gasteiger charge is 2.30. The summed E-state index contributed by atoms with van der Waals surface area (Å²) >= 11 is 0. The Hall–Kier alpha value is -0.570. The van der Waals surface area contributed by atoms with Gasteiger partial charge in [-0.2, -0.15) is 0 Å². The minimum absolute atomic E-state index is 0.0133. The molecule has 94 valence electrons. The second-order valence-corrected chi connectivity index (χ2v) is 4.71. The van der Waals surface area contributed by atoms with Gasteiger partial charge in [-0.25, -0.2) is 0 Å². The van der Waals surface area contributed by atoms with Gasteiger partial charge in [0, 0.05) is 6.54 Å². The Morgan fingerprint density at radius 3 is 2.62 bits per heavy atom. The first kappa shape index (κ1) is 13.5. The van der Waals surface area contributed by atoms with Crippen LogP contribution in [0.3, 0.4) is 0 Å². The van der Waals surface area contributed by atoms with E-state index < -0.39 is 0 Å². The molecule has 1 saturated heterocycles. The van der Waals surface area contributed by atoms with E-state index in [1.165, 1.54) is 26.4 Å². The molecule has 1 aliphatic rings. The van der Waals surface area contributed by atoms with Crippen LogP contribution in [0.5, 0.6) is 0 Å². The van der Waals surface area contributed by atoms with Gasteiger partial charge >= 0.3 is 5.97 Å². The molecule has 1 fully saturated rings. The van der Waals surface area contributed by atoms with Crippen molar-refractivity contribution in [3.8, 4) is 0 Å². The lowest BCUT2D eigenvalue weighted by molar-refractivity contribution is -0.148. The average molecular weight is 227 g/mol. The largest absolute Gasteiger partial charge is 0.468 e. The number of hydrogen-bond donors (Lipinski definition) is 0. The number of hydrogen-bond acceptors (Lipinski definition) is 3. The predicted molar refractivity (Wildman–Crippen MR) is 65.3 cm³/mol. The van der Waals surface area contributed by atoms with Crippen LogP contribution in [0.1, 0.15) is 46.0 Å². The number of nitrogens with zero attached hydrogens (tertiary/aromatic N) is 1. The van der Waals surface area contributed by atoms with Crippen molar-refractivity contribution in [2.24, 2.45) is 5.92 Å². The van der Waals surface area contributed by atoms with E-state index in [1.54, 1.807) is 0 Å². The second-order valence-electron chi connectivity index (χ2n) is 4.71. The molecule has 0 spiro atoms. The Kier molecular flexibility index (Phi) is 5.81. The number of ether oxygens (including phenoxy) is 1. The van der Waals surface area contributed by atoms with Crippen molar-refractivity contribution >= 4 is 5.97 Å². The summed E-state index contributed by atoms with van der Waals surface area (Å²) in [6, 6.07) is 0.0133. The van der Waals surface area contributed by atoms with Crippen LogP contribution in [0, 0.1) is 5.92 Å². The summed E-state index contributed by atoms with van der Waals surface area (Å²) in [6.07, 6.45) is 5.72. The van der Waals surface area contributed by atoms with Crippen LogP contribution >= 0.6 is 0 Å². The van der Waals surface area contributed by atoms with E-state index in [0.717, 1.165) is 25.9 Å². The summed E-state index contributed by atoms with van der Waals surface area (Å²) in [5.74, 6) is 0.663. The highest BCUT2D eigenvalue weighted by Crippen LogP contribution is 2.21. The zero-order valence-electron chi connectivity index (χ0n) is 10.9. The van der Waals surface area contributed by atoms with Gasteiger partial charge in [0.05, 0.1) is 7.11 Å². The molecule has 0 saturated carbocycles. The van der Waals surface area contributed by atoms with Crippen molar-refractivity contribution in [3.63, 3.8) is 0 Å². The fourth-order valence-corrected chi connectivity index (χ4v) is 2.49. The molecule has 0 aromatic rings. The maximum absolute atomic E-state index is 11.7. The normalized spacial score (nSPS) is 22.4. The minimum Gasteiger partial charge on any atom is -0.468 e. The molecule has 0 aromatic heterocycles. The van der Waals surface area contributed by atoms with Gasteiger partial charge in [-0.15, -0.1) is 0 Å². The standard InChI is InChI=1S/C13H25NO2/c1-4-11(5-2)10-14-9-7-6-8-12(14)13(15)16-3/h11-12H,4-10H2,1-3H3/t12-/m1/s1. The molecule has 0 N–H and O–H groups in total. The Bertz CT molecular complexity index is 214. The molecule has 0 unspecified atom stereocenters. The van der Waals surface area contributed by atoms with Crippen LogP contribution in [-0.2, 0) is 9.53 Å². The van der Waals surface area contributed by atoms with Crippen LogP contribution in [0.15, 0.2) is 0 Å². The third kappa shape index (κ3) is 3.48. The number of esters is 1. The van der Waals surface area contributed by atoms with Crippen molar-refractivity contribution in [1.82, 2.24) is 4.90 Å². The summed E-state index contributed by atoms with van der Waals surface area (Å²) < 4.78 is 4.89. The van der Waals surface area contributed by atoms with E-state index in [9.17, 15) is 4.79 Å². The predicted octanol–water partition coefficient (Wildman–Crippen LogP) is 2.45. The SMILES string of the molecule is CCC(CC)CN1CCCC[C@@H]1C(=O)OC. The Labute approximate surface area is 99.1 Å². The van der Waals surface area contributed by atoms with Crippen LogP contribution < -0.4 is 0 Å². The third-order valence-corrected chi connectivity index (χ3v) is 3.73. The van der Waals surface area contributed by atoms with Gasteiger partial charge in [0.2, 0.25) is 0 Å². The molecule has 16 heavy (non-hydrogen) atoms. The summed E-state index contributed by atoms with van der Waals surface area (Å²) in [5, 5.41) is 0. The van der Waals surface area contributed by atoms with E-state index in [-0.39, 0.29) is 12.0 Å². The number of likely N-dealkylation sites (tertiary alicyclic amines) is 1. The topological polar surface area (TPSA) is 29.5 Å². The molecule has 1 aliphatic heterocycles. The molecule has 0 amide bonds. The van der Waals surface area contributed by atoms with Gasteiger partial charge in [-0.05, 0) is 25.3 Å². The molecule has 0 aromatic carbocycles. The van der Waals surface area contributed by atoms with Gasteiger partial charge in [-0.3, -0.25) is 9.69 Å². The van der Waals surface area contributed by atoms with Gasteiger partial charge in [-0.1, -0.05) is 33.1 Å². The van der Waals surface area contributed by atoms with Gasteiger partial charge in [0.25, 0.3) is 0 Å². The van der Waals surface area contributed by atoms with E-state index in [2.05, 4.69) is 18.7 Å². The number of carbonyl (C=O) groups excluding carboxylic acids is 1. The lowest BCUT2D eigenvalue weighted by atomic mass is 9.97. The Morgan fingerprint density at radius 2 is 2.06 bits per heavy atom. The highest BCUT2D eigenvalue weighted by molar-refractivity contribution is 5.75. The summed E-state index contributed by atoms with van der Waals surface area (Å²) in [6.45, 7) is 6.56. The summed E-state index contributed by atoms with van der Waals surface area (Å²) in [4.78, 5) is 14.0. The quantitative estimate of drug-likeness (QED) is 0.676. The molecule has 0 bridgehead atoms. The molecule has 3 nitrogen and oxygen atoms in total. The van der Waals surface area contributed by atoms with Crippen LogP contribution in [-0.4, -0.2) is 37.1 Å². The molecule has 0 aliphatic carbocycles. The molecular formula is C13H25NO2. The zero-order valence-corrected chi connectivity index (χ0v) is 10.9. The lowest BCUT2D eigenvalue weighted by Gasteiger charge is -2.35. The number of piperidine rings is 1. The maximum atomic E-state index is 11.7. The average Bonchev–Trinajstić information content (AvgIpc) is 2.35. The summed E-state index contributed by atoms with van der Waals surface area (Å²) in [5.41, 5.74) is 0. The molecule has 1 atom stereocenters. The Morgan fingerprint density at radius 1 is 1.38 bits per heavy atom. The number of methoxy groups -OCH3 is 1. The van der Waals surface area contributed by atoms with Crippen molar-refractivity contribution < 1.29 is 9.53 Å². The van der Waals surface area contributed by atoms with E-state index in [0.29, 0.717) is 5.92 Å². The second kappa shape index (κ2) is 6.89. The monoisotopic (exact) mass is 227 g/mol. The molecular weight excluding hydrogens is 202 g/mol. The fraction of sp³-hybridized carbons (Fsp3) is 0.923. The van der Waals surface area contributed by atoms with Crippen molar-refractivity contribution in [3.05, 3.63) is 0 Å². The number of rotatable bonds is 5. The first-order valence-corrected chi connectivity index (χ1v) is 6.54. The van der Waals surface area contributed by atoms with Crippen molar-refractivity contribution in [2.45, 2.75) is 52.0 Å². The first-order valence-electron chi connectivity index (χ1n) is 6.54. The highest BCUT2D eigenvalue weighted by atomic mass is 16.5. The van der Waals surface area contributed by atoms with Crippen molar-refractivity contribution in [2.75, 3.05) is 20.2 Å². The summed E-state index contributed by atoms with van der Waals surface area (Å²) in [7, 11) is 1.49. The molecule has 1 heterocycles. The van der Waals surface area contributed by atoms with E-state index >= 15 is 0 Å². The molecule has 0 radical (unpaired) electrons. The van der Waals surface area contributed by atoms with Gasteiger partial charge in [0.15, 0.2) is 0 Å². The zero-order chi connectivity index (χ0) is 12.0.